The van der Waals surface area contributed by atoms with Gasteiger partial charge in [0.25, 0.3) is 5.91 Å². The summed E-state index contributed by atoms with van der Waals surface area (Å²) in [4.78, 5) is 11.9. The van der Waals surface area contributed by atoms with Crippen molar-refractivity contribution in [3.63, 3.8) is 0 Å². The molecular formula is C18H22N2O2. The van der Waals surface area contributed by atoms with E-state index in [9.17, 15) is 4.79 Å². The number of rotatable bonds is 8. The van der Waals surface area contributed by atoms with Crippen molar-refractivity contribution in [2.24, 2.45) is 0 Å². The van der Waals surface area contributed by atoms with E-state index in [0.717, 1.165) is 24.3 Å². The molecule has 0 unspecified atom stereocenters. The molecule has 0 aliphatic carbocycles. The molecule has 0 spiro atoms. The number of hydrogen-bond acceptors (Lipinski definition) is 3. The van der Waals surface area contributed by atoms with Gasteiger partial charge >= 0.3 is 0 Å². The van der Waals surface area contributed by atoms with Crippen LogP contribution in [0.5, 0.6) is 5.75 Å². The van der Waals surface area contributed by atoms with Gasteiger partial charge in [0, 0.05) is 12.1 Å². The average Bonchev–Trinajstić information content (AvgIpc) is 2.58. The van der Waals surface area contributed by atoms with Crippen LogP contribution in [0.2, 0.25) is 0 Å². The minimum Gasteiger partial charge on any atom is -0.489 e. The summed E-state index contributed by atoms with van der Waals surface area (Å²) in [6.07, 6.45) is 0.922. The van der Waals surface area contributed by atoms with Crippen molar-refractivity contribution in [1.29, 1.82) is 0 Å². The minimum atomic E-state index is -0.0355. The molecule has 0 radical (unpaired) electrons. The fourth-order valence-electron chi connectivity index (χ4n) is 2.00. The van der Waals surface area contributed by atoms with Gasteiger partial charge in [0.05, 0.1) is 0 Å². The van der Waals surface area contributed by atoms with E-state index in [4.69, 9.17) is 4.74 Å². The maximum absolute atomic E-state index is 11.9. The van der Waals surface area contributed by atoms with Crippen molar-refractivity contribution < 1.29 is 9.53 Å². The van der Waals surface area contributed by atoms with E-state index in [2.05, 4.69) is 10.6 Å². The average molecular weight is 298 g/mol. The summed E-state index contributed by atoms with van der Waals surface area (Å²) in [7, 11) is 1.90. The number of nitrogens with one attached hydrogen (secondary N) is 2. The molecule has 0 saturated heterocycles. The predicted octanol–water partition coefficient (Wildman–Crippen LogP) is 2.60. The van der Waals surface area contributed by atoms with Crippen molar-refractivity contribution >= 4 is 5.91 Å². The van der Waals surface area contributed by atoms with Gasteiger partial charge in [-0.3, -0.25) is 4.79 Å². The van der Waals surface area contributed by atoms with Crippen LogP contribution >= 0.6 is 0 Å². The summed E-state index contributed by atoms with van der Waals surface area (Å²) in [6, 6.07) is 17.2. The second-order valence-corrected chi connectivity index (χ2v) is 5.01. The van der Waals surface area contributed by atoms with Crippen molar-refractivity contribution in [3.05, 3.63) is 65.7 Å². The van der Waals surface area contributed by atoms with Crippen LogP contribution in [0.25, 0.3) is 0 Å². The summed E-state index contributed by atoms with van der Waals surface area (Å²) in [5.41, 5.74) is 1.71. The predicted molar refractivity (Wildman–Crippen MR) is 88.1 cm³/mol. The lowest BCUT2D eigenvalue weighted by molar-refractivity contribution is 0.0953. The molecule has 22 heavy (non-hydrogen) atoms. The number of carbonyl (C=O) groups is 1. The van der Waals surface area contributed by atoms with Gasteiger partial charge in [0.15, 0.2) is 0 Å². The number of para-hydroxylation sites is 1. The summed E-state index contributed by atoms with van der Waals surface area (Å²) < 4.78 is 5.68. The number of amides is 1. The summed E-state index contributed by atoms with van der Waals surface area (Å²) in [6.45, 7) is 2.07. The molecule has 0 heterocycles. The molecule has 4 heteroatoms. The second kappa shape index (κ2) is 8.85. The van der Waals surface area contributed by atoms with E-state index in [1.165, 1.54) is 0 Å². The summed E-state index contributed by atoms with van der Waals surface area (Å²) in [5.74, 6) is 0.806. The Labute approximate surface area is 131 Å². The maximum Gasteiger partial charge on any atom is 0.251 e. The van der Waals surface area contributed by atoms with Crippen molar-refractivity contribution in [2.45, 2.75) is 13.0 Å². The van der Waals surface area contributed by atoms with Gasteiger partial charge in [-0.1, -0.05) is 30.3 Å². The first-order chi connectivity index (χ1) is 10.8. The lowest BCUT2D eigenvalue weighted by Crippen LogP contribution is -2.26. The third kappa shape index (κ3) is 5.22. The Morgan fingerprint density at radius 2 is 1.73 bits per heavy atom. The SMILES string of the molecule is CNCCCNC(=O)c1ccc(COc2ccccc2)cc1. The monoisotopic (exact) mass is 298 g/mol. The van der Waals surface area contributed by atoms with Gasteiger partial charge in [-0.25, -0.2) is 0 Å². The van der Waals surface area contributed by atoms with E-state index in [1.54, 1.807) is 0 Å². The molecule has 1 amide bonds. The molecule has 2 aromatic rings. The lowest BCUT2D eigenvalue weighted by Gasteiger charge is -2.08. The Balaban J connectivity index is 1.81. The Morgan fingerprint density at radius 3 is 2.41 bits per heavy atom. The highest BCUT2D eigenvalue weighted by Crippen LogP contribution is 2.12. The highest BCUT2D eigenvalue weighted by molar-refractivity contribution is 5.94. The zero-order valence-corrected chi connectivity index (χ0v) is 12.8. The Bertz CT molecular complexity index is 567. The zero-order chi connectivity index (χ0) is 15.6. The first-order valence-corrected chi connectivity index (χ1v) is 7.49. The van der Waals surface area contributed by atoms with Crippen LogP contribution < -0.4 is 15.4 Å². The van der Waals surface area contributed by atoms with Gasteiger partial charge < -0.3 is 15.4 Å². The van der Waals surface area contributed by atoms with Crippen LogP contribution in [0.15, 0.2) is 54.6 Å². The van der Waals surface area contributed by atoms with Gasteiger partial charge in [-0.05, 0) is 49.8 Å². The lowest BCUT2D eigenvalue weighted by atomic mass is 10.1. The Kier molecular flexibility index (Phi) is 6.45. The van der Waals surface area contributed by atoms with E-state index in [1.807, 2.05) is 61.6 Å². The van der Waals surface area contributed by atoms with Crippen LogP contribution in [0.4, 0.5) is 0 Å². The van der Waals surface area contributed by atoms with E-state index in [0.29, 0.717) is 18.7 Å². The molecule has 0 fully saturated rings. The number of ether oxygens (including phenoxy) is 1. The number of carbonyl (C=O) groups excluding carboxylic acids is 1. The second-order valence-electron chi connectivity index (χ2n) is 5.01. The molecule has 0 saturated carbocycles. The number of benzene rings is 2. The van der Waals surface area contributed by atoms with Crippen LogP contribution in [-0.2, 0) is 6.61 Å². The van der Waals surface area contributed by atoms with Gasteiger partial charge in [0.1, 0.15) is 12.4 Å². The quantitative estimate of drug-likeness (QED) is 0.737. The summed E-state index contributed by atoms with van der Waals surface area (Å²) >= 11 is 0. The third-order valence-corrected chi connectivity index (χ3v) is 3.25. The molecule has 0 bridgehead atoms. The van der Waals surface area contributed by atoms with Crippen molar-refractivity contribution in [1.82, 2.24) is 10.6 Å². The minimum absolute atomic E-state index is 0.0355. The molecule has 0 aromatic heterocycles. The van der Waals surface area contributed by atoms with Gasteiger partial charge in [-0.15, -0.1) is 0 Å². The van der Waals surface area contributed by atoms with E-state index >= 15 is 0 Å². The number of hydrogen-bond donors (Lipinski definition) is 2. The van der Waals surface area contributed by atoms with Crippen LogP contribution in [0.3, 0.4) is 0 Å². The topological polar surface area (TPSA) is 50.4 Å². The molecule has 2 rings (SSSR count). The van der Waals surface area contributed by atoms with Crippen molar-refractivity contribution in [3.8, 4) is 5.75 Å². The van der Waals surface area contributed by atoms with Crippen LogP contribution in [0.1, 0.15) is 22.3 Å². The molecule has 116 valence electrons. The molecule has 0 atom stereocenters. The molecule has 2 aromatic carbocycles. The fraction of sp³-hybridized carbons (Fsp3) is 0.278. The Hall–Kier alpha value is -2.33. The standard InChI is InChI=1S/C18H22N2O2/c1-19-12-5-13-20-18(21)16-10-8-15(9-11-16)14-22-17-6-3-2-4-7-17/h2-4,6-11,19H,5,12-14H2,1H3,(H,20,21). The van der Waals surface area contributed by atoms with E-state index in [-0.39, 0.29) is 5.91 Å². The normalized spacial score (nSPS) is 10.2. The smallest absolute Gasteiger partial charge is 0.251 e. The van der Waals surface area contributed by atoms with Crippen LogP contribution in [0, 0.1) is 0 Å². The largest absolute Gasteiger partial charge is 0.489 e. The molecule has 4 nitrogen and oxygen atoms in total. The Morgan fingerprint density at radius 1 is 1.00 bits per heavy atom. The first-order valence-electron chi connectivity index (χ1n) is 7.49. The maximum atomic E-state index is 11.9. The zero-order valence-electron chi connectivity index (χ0n) is 12.8. The molecule has 2 N–H and O–H groups in total. The van der Waals surface area contributed by atoms with E-state index < -0.39 is 0 Å². The third-order valence-electron chi connectivity index (χ3n) is 3.25. The molecule has 0 aliphatic heterocycles. The molecular weight excluding hydrogens is 276 g/mol. The van der Waals surface area contributed by atoms with Crippen molar-refractivity contribution in [2.75, 3.05) is 20.1 Å². The van der Waals surface area contributed by atoms with Crippen LogP contribution in [-0.4, -0.2) is 26.0 Å². The highest BCUT2D eigenvalue weighted by Gasteiger charge is 2.04. The summed E-state index contributed by atoms with van der Waals surface area (Å²) in [5, 5.41) is 5.95. The van der Waals surface area contributed by atoms with Gasteiger partial charge in [-0.2, -0.15) is 0 Å². The van der Waals surface area contributed by atoms with Gasteiger partial charge in [0.2, 0.25) is 0 Å². The molecule has 0 aliphatic rings. The highest BCUT2D eigenvalue weighted by atomic mass is 16.5. The first kappa shape index (κ1) is 16.0. The fourth-order valence-corrected chi connectivity index (χ4v) is 2.00.